The van der Waals surface area contributed by atoms with E-state index in [2.05, 4.69) is 58.7 Å². The Morgan fingerprint density at radius 1 is 1.14 bits per heavy atom. The van der Waals surface area contributed by atoms with Gasteiger partial charge in [-0.05, 0) is 18.9 Å². The number of nitrogens with one attached hydrogen (secondary N) is 1. The first-order chi connectivity index (χ1) is 6.52. The van der Waals surface area contributed by atoms with Crippen molar-refractivity contribution in [1.82, 2.24) is 5.32 Å². The Bertz CT molecular complexity index is 136. The number of thioether (sulfide) groups is 1. The molecule has 0 spiro atoms. The zero-order valence-electron chi connectivity index (χ0n) is 10.6. The van der Waals surface area contributed by atoms with Crippen molar-refractivity contribution in [1.29, 1.82) is 0 Å². The highest BCUT2D eigenvalue weighted by molar-refractivity contribution is 7.99. The van der Waals surface area contributed by atoms with Gasteiger partial charge in [0.2, 0.25) is 0 Å². The summed E-state index contributed by atoms with van der Waals surface area (Å²) in [6.45, 7) is 11.5. The average molecular weight is 217 g/mol. The van der Waals surface area contributed by atoms with Gasteiger partial charge in [-0.1, -0.05) is 41.0 Å². The predicted molar refractivity (Wildman–Crippen MR) is 69.1 cm³/mol. The Balaban J connectivity index is 3.83. The van der Waals surface area contributed by atoms with Crippen LogP contribution in [0, 0.1) is 11.8 Å². The molecule has 2 heteroatoms. The van der Waals surface area contributed by atoms with Crippen LogP contribution >= 0.6 is 11.8 Å². The Morgan fingerprint density at radius 3 is 2.07 bits per heavy atom. The van der Waals surface area contributed by atoms with Crippen LogP contribution in [0.2, 0.25) is 0 Å². The summed E-state index contributed by atoms with van der Waals surface area (Å²) < 4.78 is 0. The molecule has 0 saturated heterocycles. The molecule has 0 aliphatic carbocycles. The van der Waals surface area contributed by atoms with E-state index in [1.807, 2.05) is 0 Å². The lowest BCUT2D eigenvalue weighted by Gasteiger charge is -2.24. The van der Waals surface area contributed by atoms with E-state index in [1.54, 1.807) is 0 Å². The van der Waals surface area contributed by atoms with Crippen LogP contribution in [0.15, 0.2) is 0 Å². The van der Waals surface area contributed by atoms with Gasteiger partial charge in [-0.3, -0.25) is 0 Å². The molecule has 0 aromatic rings. The molecule has 0 radical (unpaired) electrons. The maximum atomic E-state index is 3.43. The number of hydrogen-bond acceptors (Lipinski definition) is 2. The molecule has 86 valence electrons. The second kappa shape index (κ2) is 7.58. The van der Waals surface area contributed by atoms with Gasteiger partial charge in [0.15, 0.2) is 0 Å². The Kier molecular flexibility index (Phi) is 7.75. The van der Waals surface area contributed by atoms with Crippen LogP contribution in [-0.2, 0) is 0 Å². The topological polar surface area (TPSA) is 12.0 Å². The number of hydrogen-bond donors (Lipinski definition) is 1. The van der Waals surface area contributed by atoms with E-state index in [1.165, 1.54) is 12.2 Å². The van der Waals surface area contributed by atoms with E-state index in [0.717, 1.165) is 17.1 Å². The minimum absolute atomic E-state index is 0.672. The van der Waals surface area contributed by atoms with E-state index in [4.69, 9.17) is 0 Å². The summed E-state index contributed by atoms with van der Waals surface area (Å²) in [5.74, 6) is 2.81. The molecule has 0 amide bonds. The third kappa shape index (κ3) is 5.26. The van der Waals surface area contributed by atoms with E-state index in [-0.39, 0.29) is 0 Å². The average Bonchev–Trinajstić information content (AvgIpc) is 2.17. The summed E-state index contributed by atoms with van der Waals surface area (Å²) in [5.41, 5.74) is 0. The molecule has 0 heterocycles. The Hall–Kier alpha value is 0.310. The summed E-state index contributed by atoms with van der Waals surface area (Å²) in [7, 11) is 2.08. The number of rotatable bonds is 7. The quantitative estimate of drug-likeness (QED) is 0.701. The molecule has 0 aromatic heterocycles. The van der Waals surface area contributed by atoms with Crippen molar-refractivity contribution >= 4 is 11.8 Å². The highest BCUT2D eigenvalue weighted by atomic mass is 32.2. The van der Waals surface area contributed by atoms with Gasteiger partial charge in [-0.15, -0.1) is 0 Å². The fraction of sp³-hybridized carbons (Fsp3) is 1.00. The minimum atomic E-state index is 0.672. The van der Waals surface area contributed by atoms with Gasteiger partial charge < -0.3 is 5.32 Å². The van der Waals surface area contributed by atoms with Crippen LogP contribution in [0.1, 0.15) is 41.0 Å². The monoisotopic (exact) mass is 217 g/mol. The molecule has 0 saturated carbocycles. The van der Waals surface area contributed by atoms with Crippen molar-refractivity contribution in [2.75, 3.05) is 12.8 Å². The molecular formula is C12H27NS. The molecular weight excluding hydrogens is 190 g/mol. The molecule has 0 aliphatic heterocycles. The second-order valence-electron chi connectivity index (χ2n) is 4.56. The highest BCUT2D eigenvalue weighted by Gasteiger charge is 2.16. The van der Waals surface area contributed by atoms with Crippen LogP contribution < -0.4 is 5.32 Å². The van der Waals surface area contributed by atoms with Crippen LogP contribution in [0.4, 0.5) is 0 Å². The second-order valence-corrected chi connectivity index (χ2v) is 5.97. The lowest BCUT2D eigenvalue weighted by molar-refractivity contribution is 0.420. The molecule has 0 bridgehead atoms. The molecule has 1 nitrogen and oxygen atoms in total. The van der Waals surface area contributed by atoms with Gasteiger partial charge in [0.1, 0.15) is 0 Å². The summed E-state index contributed by atoms with van der Waals surface area (Å²) in [5, 5.41) is 4.20. The van der Waals surface area contributed by atoms with Gasteiger partial charge in [-0.25, -0.2) is 0 Å². The standard InChI is InChI=1S/C12H27NS/c1-7-10(4)12(13-6)8-14-11(5)9(2)3/h9-13H,7-8H2,1-6H3. The predicted octanol–water partition coefficient (Wildman–Crippen LogP) is 3.40. The van der Waals surface area contributed by atoms with Crippen molar-refractivity contribution in [2.45, 2.75) is 52.3 Å². The zero-order valence-corrected chi connectivity index (χ0v) is 11.4. The van der Waals surface area contributed by atoms with Crippen LogP contribution in [0.5, 0.6) is 0 Å². The zero-order chi connectivity index (χ0) is 11.1. The molecule has 0 fully saturated rings. The summed E-state index contributed by atoms with van der Waals surface area (Å²) in [6.07, 6.45) is 1.27. The summed E-state index contributed by atoms with van der Waals surface area (Å²) in [6, 6.07) is 0.672. The molecule has 0 rings (SSSR count). The first-order valence-electron chi connectivity index (χ1n) is 5.81. The first kappa shape index (κ1) is 14.3. The minimum Gasteiger partial charge on any atom is -0.316 e. The van der Waals surface area contributed by atoms with Crippen molar-refractivity contribution in [3.63, 3.8) is 0 Å². The molecule has 3 atom stereocenters. The lowest BCUT2D eigenvalue weighted by atomic mass is 10.0. The fourth-order valence-corrected chi connectivity index (χ4v) is 2.66. The fourth-order valence-electron chi connectivity index (χ4n) is 1.26. The smallest absolute Gasteiger partial charge is 0.0180 e. The largest absolute Gasteiger partial charge is 0.316 e. The molecule has 0 aromatic carbocycles. The maximum absolute atomic E-state index is 3.43. The third-order valence-corrected chi connectivity index (χ3v) is 4.80. The van der Waals surface area contributed by atoms with Crippen molar-refractivity contribution in [3.8, 4) is 0 Å². The van der Waals surface area contributed by atoms with Crippen molar-refractivity contribution in [2.24, 2.45) is 11.8 Å². The van der Waals surface area contributed by atoms with E-state index < -0.39 is 0 Å². The molecule has 1 N–H and O–H groups in total. The van der Waals surface area contributed by atoms with E-state index in [9.17, 15) is 0 Å². The molecule has 0 aliphatic rings. The SMILES string of the molecule is CCC(C)C(CSC(C)C(C)C)NC. The maximum Gasteiger partial charge on any atom is 0.0180 e. The summed E-state index contributed by atoms with van der Waals surface area (Å²) in [4.78, 5) is 0. The first-order valence-corrected chi connectivity index (χ1v) is 6.86. The highest BCUT2D eigenvalue weighted by Crippen LogP contribution is 2.22. The van der Waals surface area contributed by atoms with Crippen LogP contribution in [0.25, 0.3) is 0 Å². The normalized spacial score (nSPS) is 18.2. The lowest BCUT2D eigenvalue weighted by Crippen LogP contribution is -2.34. The van der Waals surface area contributed by atoms with E-state index in [0.29, 0.717) is 6.04 Å². The van der Waals surface area contributed by atoms with Crippen molar-refractivity contribution < 1.29 is 0 Å². The van der Waals surface area contributed by atoms with Crippen LogP contribution in [0.3, 0.4) is 0 Å². The van der Waals surface area contributed by atoms with Gasteiger partial charge in [0.25, 0.3) is 0 Å². The van der Waals surface area contributed by atoms with Gasteiger partial charge in [0.05, 0.1) is 0 Å². The van der Waals surface area contributed by atoms with E-state index >= 15 is 0 Å². The summed E-state index contributed by atoms with van der Waals surface area (Å²) >= 11 is 2.10. The third-order valence-electron chi connectivity index (χ3n) is 3.18. The van der Waals surface area contributed by atoms with Gasteiger partial charge in [0, 0.05) is 17.0 Å². The van der Waals surface area contributed by atoms with Crippen LogP contribution in [-0.4, -0.2) is 24.1 Å². The van der Waals surface area contributed by atoms with Gasteiger partial charge >= 0.3 is 0 Å². The Morgan fingerprint density at radius 2 is 1.71 bits per heavy atom. The molecule has 3 unspecified atom stereocenters. The molecule has 14 heavy (non-hydrogen) atoms. The van der Waals surface area contributed by atoms with Crippen molar-refractivity contribution in [3.05, 3.63) is 0 Å². The van der Waals surface area contributed by atoms with Gasteiger partial charge in [-0.2, -0.15) is 11.8 Å². The Labute approximate surface area is 94.4 Å².